The van der Waals surface area contributed by atoms with Crippen LogP contribution in [-0.2, 0) is 14.3 Å². The monoisotopic (exact) mass is 386 g/mol. The zero-order valence-electron chi connectivity index (χ0n) is 15.5. The van der Waals surface area contributed by atoms with E-state index >= 15 is 0 Å². The second kappa shape index (κ2) is 6.73. The Morgan fingerprint density at radius 1 is 1.15 bits per heavy atom. The summed E-state index contributed by atoms with van der Waals surface area (Å²) in [6, 6.07) is 6.18. The van der Waals surface area contributed by atoms with Gasteiger partial charge in [0, 0.05) is 10.4 Å². The van der Waals surface area contributed by atoms with E-state index in [1.165, 1.54) is 22.5 Å². The van der Waals surface area contributed by atoms with Gasteiger partial charge in [-0.05, 0) is 50.8 Å². The van der Waals surface area contributed by atoms with Crippen LogP contribution in [0.1, 0.15) is 28.8 Å². The first kappa shape index (κ1) is 18.1. The fraction of sp³-hybridized carbons (Fsp3) is 0.450. The molecule has 6 nitrogen and oxygen atoms in total. The van der Waals surface area contributed by atoms with Crippen LogP contribution in [0.5, 0.6) is 0 Å². The maximum atomic E-state index is 12.8. The number of fused-ring (bicyclic) bond motifs is 2. The first-order valence-electron chi connectivity index (χ1n) is 9.09. The molecule has 2 aliphatic rings. The van der Waals surface area contributed by atoms with Crippen molar-refractivity contribution in [3.05, 3.63) is 34.2 Å². The van der Waals surface area contributed by atoms with Crippen LogP contribution < -0.4 is 5.32 Å². The lowest BCUT2D eigenvalue weighted by Crippen LogP contribution is -2.40. The minimum absolute atomic E-state index is 0.309. The van der Waals surface area contributed by atoms with E-state index in [-0.39, 0.29) is 18.1 Å². The van der Waals surface area contributed by atoms with Crippen molar-refractivity contribution in [2.45, 2.75) is 45.8 Å². The Bertz CT molecular complexity index is 923. The number of aromatic nitrogens is 1. The minimum Gasteiger partial charge on any atom is -0.481 e. The van der Waals surface area contributed by atoms with Crippen molar-refractivity contribution in [2.75, 3.05) is 5.32 Å². The molecular weight excluding hydrogens is 364 g/mol. The molecule has 1 amide bonds. The van der Waals surface area contributed by atoms with Gasteiger partial charge in [0.2, 0.25) is 5.91 Å². The van der Waals surface area contributed by atoms with Crippen molar-refractivity contribution < 1.29 is 19.4 Å². The van der Waals surface area contributed by atoms with Gasteiger partial charge in [-0.2, -0.15) is 0 Å². The number of nitrogens with zero attached hydrogens (tertiary/aromatic N) is 1. The number of carboxylic acids is 1. The van der Waals surface area contributed by atoms with Crippen LogP contribution in [0.25, 0.3) is 11.3 Å². The first-order chi connectivity index (χ1) is 12.8. The molecule has 2 aromatic rings. The lowest BCUT2D eigenvalue weighted by atomic mass is 9.79. The van der Waals surface area contributed by atoms with Crippen LogP contribution in [0.4, 0.5) is 5.13 Å². The van der Waals surface area contributed by atoms with Crippen LogP contribution in [0, 0.1) is 32.6 Å². The topological polar surface area (TPSA) is 88.5 Å². The number of carboxylic acid groups (broad SMARTS) is 1. The van der Waals surface area contributed by atoms with Crippen molar-refractivity contribution in [1.82, 2.24) is 4.98 Å². The van der Waals surface area contributed by atoms with Crippen molar-refractivity contribution in [2.24, 2.45) is 11.8 Å². The van der Waals surface area contributed by atoms with E-state index in [4.69, 9.17) is 4.74 Å². The highest BCUT2D eigenvalue weighted by Crippen LogP contribution is 2.44. The summed E-state index contributed by atoms with van der Waals surface area (Å²) in [5.41, 5.74) is 4.27. The third-order valence-corrected chi connectivity index (χ3v) is 6.55. The molecule has 2 aliphatic heterocycles. The molecule has 142 valence electrons. The Kier molecular flexibility index (Phi) is 4.52. The highest BCUT2D eigenvalue weighted by atomic mass is 32.1. The number of thiazole rings is 1. The zero-order valence-corrected chi connectivity index (χ0v) is 16.3. The molecule has 27 heavy (non-hydrogen) atoms. The second-order valence-corrected chi connectivity index (χ2v) is 8.60. The van der Waals surface area contributed by atoms with E-state index < -0.39 is 17.8 Å². The van der Waals surface area contributed by atoms with Gasteiger partial charge in [-0.25, -0.2) is 4.98 Å². The molecule has 7 heteroatoms. The number of hydrogen-bond acceptors (Lipinski definition) is 5. The lowest BCUT2D eigenvalue weighted by molar-refractivity contribution is -0.147. The molecule has 1 aromatic heterocycles. The van der Waals surface area contributed by atoms with E-state index in [0.29, 0.717) is 11.6 Å². The van der Waals surface area contributed by atoms with Crippen molar-refractivity contribution in [3.63, 3.8) is 0 Å². The summed E-state index contributed by atoms with van der Waals surface area (Å²) < 4.78 is 5.68. The van der Waals surface area contributed by atoms with Gasteiger partial charge >= 0.3 is 5.97 Å². The van der Waals surface area contributed by atoms with E-state index in [1.807, 2.05) is 13.0 Å². The number of aryl methyl sites for hydroxylation is 3. The van der Waals surface area contributed by atoms with Gasteiger partial charge < -0.3 is 15.2 Å². The Morgan fingerprint density at radius 2 is 1.85 bits per heavy atom. The number of benzene rings is 1. The Hall–Kier alpha value is -2.25. The first-order valence-corrected chi connectivity index (χ1v) is 9.91. The number of nitrogens with one attached hydrogen (secondary N) is 1. The standard InChI is InChI=1S/C20H22N2O4S/c1-9-4-5-12(8-10(9)2)17-11(3)27-20(21-17)22-18(23)15-13-6-7-14(26-13)16(15)19(24)25/h4-5,8,13-16H,6-7H2,1-3H3,(H,24,25)(H,21,22,23)/t13-,14-,15-,16+/m1/s1. The molecule has 2 bridgehead atoms. The van der Waals surface area contributed by atoms with E-state index in [9.17, 15) is 14.7 Å². The van der Waals surface area contributed by atoms with Gasteiger partial charge in [0.15, 0.2) is 5.13 Å². The molecule has 0 radical (unpaired) electrons. The summed E-state index contributed by atoms with van der Waals surface area (Å²) in [4.78, 5) is 30.0. The third-order valence-electron chi connectivity index (χ3n) is 5.67. The van der Waals surface area contributed by atoms with Crippen molar-refractivity contribution in [1.29, 1.82) is 0 Å². The molecule has 3 heterocycles. The fourth-order valence-electron chi connectivity index (χ4n) is 4.12. The Balaban J connectivity index is 1.56. The number of carbonyl (C=O) groups excluding carboxylic acids is 1. The quantitative estimate of drug-likeness (QED) is 0.839. The average Bonchev–Trinajstić information content (AvgIpc) is 3.31. The predicted molar refractivity (Wildman–Crippen MR) is 103 cm³/mol. The van der Waals surface area contributed by atoms with E-state index in [1.54, 1.807) is 0 Å². The van der Waals surface area contributed by atoms with Crippen LogP contribution in [-0.4, -0.2) is 34.2 Å². The molecule has 0 aliphatic carbocycles. The molecule has 0 spiro atoms. The summed E-state index contributed by atoms with van der Waals surface area (Å²) in [5, 5.41) is 12.8. The molecule has 2 N–H and O–H groups in total. The molecule has 1 aromatic carbocycles. The van der Waals surface area contributed by atoms with Gasteiger partial charge in [0.05, 0.1) is 29.7 Å². The van der Waals surface area contributed by atoms with Crippen LogP contribution in [0.3, 0.4) is 0 Å². The number of hydrogen-bond donors (Lipinski definition) is 2. The summed E-state index contributed by atoms with van der Waals surface area (Å²) in [6.45, 7) is 6.10. The summed E-state index contributed by atoms with van der Waals surface area (Å²) in [7, 11) is 0. The highest BCUT2D eigenvalue weighted by molar-refractivity contribution is 7.16. The van der Waals surface area contributed by atoms with Crippen LogP contribution in [0.15, 0.2) is 18.2 Å². The van der Waals surface area contributed by atoms with E-state index in [2.05, 4.69) is 36.3 Å². The highest BCUT2D eigenvalue weighted by Gasteiger charge is 2.55. The number of anilines is 1. The summed E-state index contributed by atoms with van der Waals surface area (Å²) in [5.74, 6) is -2.71. The van der Waals surface area contributed by atoms with Crippen molar-refractivity contribution in [3.8, 4) is 11.3 Å². The van der Waals surface area contributed by atoms with Gasteiger partial charge in [0.25, 0.3) is 0 Å². The van der Waals surface area contributed by atoms with Crippen LogP contribution >= 0.6 is 11.3 Å². The average molecular weight is 386 g/mol. The molecule has 2 fully saturated rings. The fourth-order valence-corrected chi connectivity index (χ4v) is 4.96. The largest absolute Gasteiger partial charge is 0.481 e. The third kappa shape index (κ3) is 3.15. The van der Waals surface area contributed by atoms with Gasteiger partial charge in [-0.1, -0.05) is 12.1 Å². The zero-order chi connectivity index (χ0) is 19.3. The number of ether oxygens (including phenoxy) is 1. The Labute approximate surface area is 161 Å². The maximum absolute atomic E-state index is 12.8. The normalized spacial score (nSPS) is 26.3. The van der Waals surface area contributed by atoms with Crippen LogP contribution in [0.2, 0.25) is 0 Å². The second-order valence-electron chi connectivity index (χ2n) is 7.39. The smallest absolute Gasteiger partial charge is 0.310 e. The van der Waals surface area contributed by atoms with Gasteiger partial charge in [-0.3, -0.25) is 9.59 Å². The Morgan fingerprint density at radius 3 is 2.52 bits per heavy atom. The summed E-state index contributed by atoms with van der Waals surface area (Å²) in [6.07, 6.45) is 0.777. The number of carbonyl (C=O) groups is 2. The van der Waals surface area contributed by atoms with Gasteiger partial charge in [-0.15, -0.1) is 11.3 Å². The maximum Gasteiger partial charge on any atom is 0.310 e. The molecular formula is C20H22N2O4S. The van der Waals surface area contributed by atoms with Crippen molar-refractivity contribution >= 4 is 28.3 Å². The molecule has 4 rings (SSSR count). The minimum atomic E-state index is -0.964. The molecule has 0 unspecified atom stereocenters. The van der Waals surface area contributed by atoms with E-state index in [0.717, 1.165) is 22.6 Å². The molecule has 4 atom stereocenters. The number of aliphatic carboxylic acids is 1. The number of amides is 1. The lowest BCUT2D eigenvalue weighted by Gasteiger charge is -2.23. The molecule has 2 saturated heterocycles. The SMILES string of the molecule is Cc1ccc(-c2nc(NC(=O)[C@H]3[C@@H](C(=O)O)[C@H]4CC[C@H]3O4)sc2C)cc1C. The molecule has 0 saturated carbocycles. The number of rotatable bonds is 4. The summed E-state index contributed by atoms with van der Waals surface area (Å²) >= 11 is 1.40. The predicted octanol–water partition coefficient (Wildman–Crippen LogP) is 3.55. The van der Waals surface area contributed by atoms with Gasteiger partial charge in [0.1, 0.15) is 0 Å².